The van der Waals surface area contributed by atoms with Crippen molar-refractivity contribution in [3.05, 3.63) is 23.8 Å². The normalized spacial score (nSPS) is 37.0. The molecule has 0 radical (unpaired) electrons. The van der Waals surface area contributed by atoms with Gasteiger partial charge >= 0.3 is 11.9 Å². The summed E-state index contributed by atoms with van der Waals surface area (Å²) in [7, 11) is 0. The summed E-state index contributed by atoms with van der Waals surface area (Å²) in [5.41, 5.74) is 1.28. The number of hydrogen-bond donors (Lipinski definition) is 1. The van der Waals surface area contributed by atoms with Crippen LogP contribution in [0.1, 0.15) is 79.6 Å². The monoisotopic (exact) mass is 446 g/mol. The van der Waals surface area contributed by atoms with Crippen LogP contribution in [0.25, 0.3) is 0 Å². The highest BCUT2D eigenvalue weighted by Gasteiger charge is 2.43. The number of cyclic esters (lactones) is 1. The number of rotatable bonds is 8. The number of aliphatic hydroxyl groups excluding tert-OH is 1. The van der Waals surface area contributed by atoms with Crippen LogP contribution >= 0.6 is 0 Å². The first-order valence-electron chi connectivity index (χ1n) is 12.8. The number of carbonyl (C=O) groups excluding carboxylic acids is 2. The zero-order valence-electron chi connectivity index (χ0n) is 20.5. The molecule has 32 heavy (non-hydrogen) atoms. The van der Waals surface area contributed by atoms with Crippen molar-refractivity contribution < 1.29 is 24.2 Å². The molecule has 3 rings (SSSR count). The Balaban J connectivity index is 1.73. The molecule has 1 saturated heterocycles. The van der Waals surface area contributed by atoms with Crippen molar-refractivity contribution in [3.8, 4) is 0 Å². The molecule has 0 saturated carbocycles. The van der Waals surface area contributed by atoms with Gasteiger partial charge in [-0.2, -0.15) is 0 Å². The van der Waals surface area contributed by atoms with Gasteiger partial charge < -0.3 is 14.6 Å². The maximum absolute atomic E-state index is 12.8. The first-order chi connectivity index (χ1) is 15.3. The Morgan fingerprint density at radius 2 is 1.91 bits per heavy atom. The average Bonchev–Trinajstić information content (AvgIpc) is 2.74. The van der Waals surface area contributed by atoms with E-state index >= 15 is 0 Å². The Hall–Kier alpha value is -1.62. The number of fused-ring (bicyclic) bond motifs is 1. The zero-order chi connectivity index (χ0) is 23.4. The third kappa shape index (κ3) is 5.47. The lowest BCUT2D eigenvalue weighted by atomic mass is 9.65. The Kier molecular flexibility index (Phi) is 8.60. The molecular weight excluding hydrogens is 404 g/mol. The lowest BCUT2D eigenvalue weighted by Gasteiger charge is -2.43. The summed E-state index contributed by atoms with van der Waals surface area (Å²) in [6.45, 7) is 10.4. The number of ether oxygens (including phenoxy) is 2. The summed E-state index contributed by atoms with van der Waals surface area (Å²) in [5.74, 6) is 0.457. The Bertz CT molecular complexity index is 722. The van der Waals surface area contributed by atoms with Gasteiger partial charge in [-0.1, -0.05) is 52.8 Å². The van der Waals surface area contributed by atoms with Crippen LogP contribution in [-0.2, 0) is 19.1 Å². The van der Waals surface area contributed by atoms with Crippen molar-refractivity contribution in [1.82, 2.24) is 0 Å². The molecule has 0 aromatic carbocycles. The number of aliphatic hydroxyl groups is 1. The molecular formula is C27H42O5. The van der Waals surface area contributed by atoms with E-state index in [1.165, 1.54) is 5.57 Å². The van der Waals surface area contributed by atoms with Gasteiger partial charge in [-0.25, -0.2) is 0 Å². The summed E-state index contributed by atoms with van der Waals surface area (Å²) in [5, 5.41) is 10.4. The minimum Gasteiger partial charge on any atom is -0.462 e. The van der Waals surface area contributed by atoms with Gasteiger partial charge in [-0.15, -0.1) is 0 Å². The maximum atomic E-state index is 12.8. The molecule has 8 atom stereocenters. The van der Waals surface area contributed by atoms with E-state index in [4.69, 9.17) is 9.47 Å². The van der Waals surface area contributed by atoms with E-state index in [1.54, 1.807) is 0 Å². The van der Waals surface area contributed by atoms with E-state index in [0.29, 0.717) is 30.6 Å². The topological polar surface area (TPSA) is 72.8 Å². The van der Waals surface area contributed by atoms with Gasteiger partial charge in [-0.05, 0) is 61.9 Å². The predicted octanol–water partition coefficient (Wildman–Crippen LogP) is 5.22. The second kappa shape index (κ2) is 11.0. The third-order valence-electron chi connectivity index (χ3n) is 8.00. The van der Waals surface area contributed by atoms with Gasteiger partial charge in [0.2, 0.25) is 0 Å². The molecule has 5 nitrogen and oxygen atoms in total. The summed E-state index contributed by atoms with van der Waals surface area (Å²) in [6, 6.07) is 0. The van der Waals surface area contributed by atoms with E-state index in [9.17, 15) is 14.7 Å². The summed E-state index contributed by atoms with van der Waals surface area (Å²) in [6.07, 6.45) is 11.0. The second-order valence-electron chi connectivity index (χ2n) is 10.2. The fourth-order valence-corrected chi connectivity index (χ4v) is 5.97. The maximum Gasteiger partial charge on any atom is 0.311 e. The van der Waals surface area contributed by atoms with Crippen LogP contribution in [0.15, 0.2) is 23.8 Å². The van der Waals surface area contributed by atoms with Crippen molar-refractivity contribution in [2.24, 2.45) is 35.5 Å². The zero-order valence-corrected chi connectivity index (χ0v) is 20.5. The van der Waals surface area contributed by atoms with E-state index in [1.807, 2.05) is 20.8 Å². The average molecular weight is 447 g/mol. The molecule has 0 aromatic heterocycles. The minimum absolute atomic E-state index is 0.0377. The molecule has 0 amide bonds. The van der Waals surface area contributed by atoms with Crippen LogP contribution < -0.4 is 0 Å². The number of carbonyl (C=O) groups is 2. The summed E-state index contributed by atoms with van der Waals surface area (Å²) >= 11 is 0. The quantitative estimate of drug-likeness (QED) is 0.517. The molecule has 0 aromatic rings. The van der Waals surface area contributed by atoms with Gasteiger partial charge in [0.1, 0.15) is 12.2 Å². The Morgan fingerprint density at radius 1 is 1.19 bits per heavy atom. The molecule has 0 bridgehead atoms. The van der Waals surface area contributed by atoms with Gasteiger partial charge in [0.25, 0.3) is 0 Å². The van der Waals surface area contributed by atoms with Crippen molar-refractivity contribution >= 4 is 11.9 Å². The lowest BCUT2D eigenvalue weighted by molar-refractivity contribution is -0.171. The van der Waals surface area contributed by atoms with E-state index in [-0.39, 0.29) is 36.0 Å². The van der Waals surface area contributed by atoms with E-state index in [2.05, 4.69) is 32.1 Å². The van der Waals surface area contributed by atoms with Crippen LogP contribution in [0.2, 0.25) is 0 Å². The molecule has 1 heterocycles. The Morgan fingerprint density at radius 3 is 2.53 bits per heavy atom. The minimum atomic E-state index is -0.616. The number of allylic oxidation sites excluding steroid dienone is 3. The van der Waals surface area contributed by atoms with Crippen molar-refractivity contribution in [3.63, 3.8) is 0 Å². The van der Waals surface area contributed by atoms with Crippen molar-refractivity contribution in [2.45, 2.75) is 97.9 Å². The standard InChI is InChI=1S/C27H42O5/c1-6-18(7-2)26(29)32-24-14-16(4)13-19-10-9-17(5)22(25(19)24)12-11-20-15-23(28)21(8-3)27(30)31-20/h9-10,13,16-18,20-25,28H,6-8,11-12,14-15H2,1-5H3/t16-,17-,20+,21?,22-,23+,24-,25-/m0/s1. The van der Waals surface area contributed by atoms with Gasteiger partial charge in [0, 0.05) is 12.3 Å². The van der Waals surface area contributed by atoms with Crippen LogP contribution in [0.4, 0.5) is 0 Å². The van der Waals surface area contributed by atoms with E-state index in [0.717, 1.165) is 32.1 Å². The summed E-state index contributed by atoms with van der Waals surface area (Å²) in [4.78, 5) is 25.1. The van der Waals surface area contributed by atoms with Gasteiger partial charge in [0.05, 0.1) is 17.9 Å². The highest BCUT2D eigenvalue weighted by molar-refractivity contribution is 5.74. The predicted molar refractivity (Wildman–Crippen MR) is 125 cm³/mol. The largest absolute Gasteiger partial charge is 0.462 e. The van der Waals surface area contributed by atoms with Crippen LogP contribution in [-0.4, -0.2) is 35.4 Å². The number of hydrogen-bond acceptors (Lipinski definition) is 5. The van der Waals surface area contributed by atoms with Crippen molar-refractivity contribution in [1.29, 1.82) is 0 Å². The first-order valence-corrected chi connectivity index (χ1v) is 12.8. The molecule has 180 valence electrons. The molecule has 1 aliphatic heterocycles. The first kappa shape index (κ1) is 25.0. The highest BCUT2D eigenvalue weighted by Crippen LogP contribution is 2.45. The molecule has 1 N–H and O–H groups in total. The molecule has 1 fully saturated rings. The van der Waals surface area contributed by atoms with Crippen LogP contribution in [0.3, 0.4) is 0 Å². The molecule has 5 heteroatoms. The number of esters is 2. The van der Waals surface area contributed by atoms with Gasteiger partial charge in [-0.3, -0.25) is 9.59 Å². The summed E-state index contributed by atoms with van der Waals surface area (Å²) < 4.78 is 11.8. The van der Waals surface area contributed by atoms with Crippen LogP contribution in [0.5, 0.6) is 0 Å². The smallest absolute Gasteiger partial charge is 0.311 e. The molecule has 1 unspecified atom stereocenters. The third-order valence-corrected chi connectivity index (χ3v) is 8.00. The second-order valence-corrected chi connectivity index (χ2v) is 10.2. The molecule has 0 spiro atoms. The highest BCUT2D eigenvalue weighted by atomic mass is 16.6. The Labute approximate surface area is 193 Å². The fourth-order valence-electron chi connectivity index (χ4n) is 5.97. The molecule has 2 aliphatic carbocycles. The van der Waals surface area contributed by atoms with Crippen LogP contribution in [0, 0.1) is 35.5 Å². The van der Waals surface area contributed by atoms with Crippen molar-refractivity contribution in [2.75, 3.05) is 0 Å². The fraction of sp³-hybridized carbons (Fsp3) is 0.778. The lowest BCUT2D eigenvalue weighted by Crippen LogP contribution is -2.43. The van der Waals surface area contributed by atoms with E-state index < -0.39 is 12.0 Å². The molecule has 3 aliphatic rings. The SMILES string of the molecule is CCC(CC)C(=O)O[C@H]1C[C@@H](C)C=C2C=C[C@H](C)[C@H](CC[C@@H]3C[C@@H](O)C(CC)C(=O)O3)[C@H]21. The van der Waals surface area contributed by atoms with Gasteiger partial charge in [0.15, 0.2) is 0 Å².